The maximum absolute atomic E-state index is 13.9. The van der Waals surface area contributed by atoms with Crippen molar-refractivity contribution in [1.82, 2.24) is 9.97 Å². The zero-order chi connectivity index (χ0) is 95.3. The van der Waals surface area contributed by atoms with Gasteiger partial charge in [-0.25, -0.2) is 26.3 Å². The summed E-state index contributed by atoms with van der Waals surface area (Å²) >= 11 is 1.24. The fourth-order valence-corrected chi connectivity index (χ4v) is 16.8. The number of carbonyl (C=O) groups excluding carboxylic acids is 1. The molecular formula is C128H79F6N5OS. The van der Waals surface area contributed by atoms with Crippen molar-refractivity contribution >= 4 is 136 Å². The number of hydrogen-bond donors (Lipinski definition) is 0. The van der Waals surface area contributed by atoms with Crippen LogP contribution in [0.15, 0.2) is 357 Å². The summed E-state index contributed by atoms with van der Waals surface area (Å²) in [6.45, 7) is 19.4. The van der Waals surface area contributed by atoms with Crippen molar-refractivity contribution in [3.05, 3.63) is 505 Å². The lowest BCUT2D eigenvalue weighted by Gasteiger charge is -2.11. The fraction of sp³-hybridized carbons (Fsp3) is 0.0469. The van der Waals surface area contributed by atoms with Gasteiger partial charge in [0.05, 0.1) is 24.8 Å². The minimum Gasteiger partial charge on any atom is -0.287 e. The second-order valence-corrected chi connectivity index (χ2v) is 33.3. The molecule has 22 rings (SSSR count). The number of benzene rings is 20. The number of hydrogen-bond acceptors (Lipinski definition) is 5. The lowest BCUT2D eigenvalue weighted by atomic mass is 9.92. The molecule has 20 aromatic carbocycles. The molecule has 0 unspecified atom stereocenters. The molecule has 0 N–H and O–H groups in total. The molecule has 0 amide bonds. The first kappa shape index (κ1) is 96.6. The molecule has 6 nitrogen and oxygen atoms in total. The van der Waals surface area contributed by atoms with Crippen LogP contribution in [0.5, 0.6) is 0 Å². The Morgan fingerprint density at radius 2 is 0.574 bits per heavy atom. The molecule has 0 aliphatic heterocycles. The highest BCUT2D eigenvalue weighted by atomic mass is 32.2. The average Bonchev–Trinajstić information content (AvgIpc) is 0.747. The summed E-state index contributed by atoms with van der Waals surface area (Å²) in [6, 6.07) is 109. The topological polar surface area (TPSA) is 75.4 Å². The summed E-state index contributed by atoms with van der Waals surface area (Å²) in [5.41, 5.74) is 12.9. The maximum Gasteiger partial charge on any atom is 0.200 e. The Balaban J connectivity index is 0.000000132. The molecule has 0 atom stereocenters. The van der Waals surface area contributed by atoms with Gasteiger partial charge in [0.25, 0.3) is 0 Å². The maximum atomic E-state index is 13.9. The van der Waals surface area contributed by atoms with Crippen molar-refractivity contribution < 1.29 is 31.1 Å². The van der Waals surface area contributed by atoms with Gasteiger partial charge in [0.2, 0.25) is 5.82 Å². The van der Waals surface area contributed by atoms with Crippen LogP contribution in [0.2, 0.25) is 0 Å². The number of nitrogens with zero attached hydrogens (tertiary/aromatic N) is 5. The van der Waals surface area contributed by atoms with Gasteiger partial charge in [-0.2, -0.15) is 5.26 Å². The summed E-state index contributed by atoms with van der Waals surface area (Å²) < 4.78 is 81.7. The van der Waals surface area contributed by atoms with Gasteiger partial charge in [0, 0.05) is 109 Å². The van der Waals surface area contributed by atoms with E-state index in [4.69, 9.17) is 18.4 Å². The van der Waals surface area contributed by atoms with E-state index in [1.54, 1.807) is 75.0 Å². The molecule has 0 aliphatic rings. The monoisotopic (exact) mass is 1850 g/mol. The van der Waals surface area contributed by atoms with Crippen molar-refractivity contribution in [3.8, 4) is 89.0 Å². The standard InChI is InChI=1S/C26H13N3.C26H16OS.C25H15F.C24H9F5.C24H14N2.3CH4/c1-19-4-5-22(16-24(19)18-27)12-10-20-6-8-21(9-7-20)11-13-23-14-15-25(28-2)26(17-23)29-3;1-17(27)28-23-14-6-18(7-15-23)5-8-19-9-10-22-12-11-20-3-2-4-21-13-16-24(19)26(22)25(20)21;1-16-5-6-17(15-23(16)26)7-8-18-9-10-21-12-11-19-3-2-4-20-13-14-22(18)25(21)24(19)20;25-20-17(21(26)23(28)24(29)22(20)27)11-8-12-4-5-15-7-6-13-2-1-3-14-9-10-16(12)19(15)18(13)14;1(19-9-13-25-14-10-19)3-21-5-7-24-18-22(6-8-23(24)17-21)4-2-20-11-15-26-16-12-20;;;/h4-9,14-17H,1H3;2-4,6-7,9-16H,1H3;2-6,9-15H,1H3;1-7,9-10H;5-18H;3*1H4. The van der Waals surface area contributed by atoms with E-state index in [9.17, 15) is 31.1 Å². The van der Waals surface area contributed by atoms with E-state index in [2.05, 4.69) is 242 Å². The first-order valence-corrected chi connectivity index (χ1v) is 44.2. The Morgan fingerprint density at radius 3 is 0.965 bits per heavy atom. The van der Waals surface area contributed by atoms with Crippen molar-refractivity contribution in [1.29, 1.82) is 5.26 Å². The second kappa shape index (κ2) is 43.6. The Kier molecular flexibility index (Phi) is 29.9. The fourth-order valence-electron chi connectivity index (χ4n) is 16.2. The van der Waals surface area contributed by atoms with Gasteiger partial charge in [-0.3, -0.25) is 24.5 Å². The molecule has 0 aliphatic carbocycles. The molecule has 670 valence electrons. The number of fused-ring (bicyclic) bond motifs is 1. The first-order valence-electron chi connectivity index (χ1n) is 43.4. The molecule has 2 heterocycles. The van der Waals surface area contributed by atoms with Gasteiger partial charge < -0.3 is 0 Å². The lowest BCUT2D eigenvalue weighted by Crippen LogP contribution is -2.04. The van der Waals surface area contributed by atoms with Crippen LogP contribution in [0.3, 0.4) is 0 Å². The van der Waals surface area contributed by atoms with Crippen LogP contribution in [0, 0.1) is 156 Å². The van der Waals surface area contributed by atoms with Crippen LogP contribution in [-0.2, 0) is 4.79 Å². The van der Waals surface area contributed by atoms with Gasteiger partial charge in [0.1, 0.15) is 11.4 Å². The summed E-state index contributed by atoms with van der Waals surface area (Å²) in [6.07, 6.45) is 7.00. The van der Waals surface area contributed by atoms with Crippen molar-refractivity contribution in [3.63, 3.8) is 0 Å². The lowest BCUT2D eigenvalue weighted by molar-refractivity contribution is -0.109. The zero-order valence-electron chi connectivity index (χ0n) is 73.8. The van der Waals surface area contributed by atoms with E-state index in [0.29, 0.717) is 39.2 Å². The molecule has 13 heteroatoms. The minimum atomic E-state index is -2.20. The first-order chi connectivity index (χ1) is 67.3. The summed E-state index contributed by atoms with van der Waals surface area (Å²) in [5.74, 6) is 32.4. The Labute approximate surface area is 818 Å². The van der Waals surface area contributed by atoms with E-state index in [1.807, 2.05) is 159 Å². The van der Waals surface area contributed by atoms with Crippen LogP contribution in [0.25, 0.3) is 117 Å². The number of aromatic nitrogens is 2. The number of pyridine rings is 2. The van der Waals surface area contributed by atoms with Crippen LogP contribution >= 0.6 is 11.8 Å². The predicted molar refractivity (Wildman–Crippen MR) is 567 cm³/mol. The van der Waals surface area contributed by atoms with Crippen LogP contribution < -0.4 is 0 Å². The number of halogens is 6. The van der Waals surface area contributed by atoms with Crippen molar-refractivity contribution in [2.45, 2.75) is 47.9 Å². The molecule has 141 heavy (non-hydrogen) atoms. The molecule has 0 saturated carbocycles. The Morgan fingerprint density at radius 1 is 0.284 bits per heavy atom. The van der Waals surface area contributed by atoms with Gasteiger partial charge in [-0.05, 0) is 272 Å². The Bertz CT molecular complexity index is 9110. The number of aryl methyl sites for hydroxylation is 2. The van der Waals surface area contributed by atoms with E-state index in [-0.39, 0.29) is 33.2 Å². The molecule has 0 fully saturated rings. The normalized spacial score (nSPS) is 10.2. The quantitative estimate of drug-likeness (QED) is 0.0311. The summed E-state index contributed by atoms with van der Waals surface area (Å²) in [7, 11) is 0. The van der Waals surface area contributed by atoms with E-state index in [0.717, 1.165) is 115 Å². The molecule has 0 saturated heterocycles. The van der Waals surface area contributed by atoms with Crippen molar-refractivity contribution in [2.75, 3.05) is 0 Å². The summed E-state index contributed by atoms with van der Waals surface area (Å²) in [5, 5.41) is 32.2. The van der Waals surface area contributed by atoms with Gasteiger partial charge in [0.15, 0.2) is 39.8 Å². The predicted octanol–water partition coefficient (Wildman–Crippen LogP) is 31.8. The molecule has 0 spiro atoms. The number of rotatable bonds is 1. The third-order valence-corrected chi connectivity index (χ3v) is 23.9. The zero-order valence-corrected chi connectivity index (χ0v) is 74.6. The minimum absolute atomic E-state index is 0. The third kappa shape index (κ3) is 21.6. The Hall–Kier alpha value is -18.9. The highest BCUT2D eigenvalue weighted by Crippen LogP contribution is 2.40. The van der Waals surface area contributed by atoms with E-state index in [1.165, 1.54) is 77.1 Å². The van der Waals surface area contributed by atoms with E-state index >= 15 is 0 Å². The largest absolute Gasteiger partial charge is 0.287 e. The van der Waals surface area contributed by atoms with Gasteiger partial charge >= 0.3 is 0 Å². The van der Waals surface area contributed by atoms with Crippen LogP contribution in [0.4, 0.5) is 37.7 Å². The SMILES string of the molecule is C.C.C.C(#Cc1ccc2cc(C#Cc3ccncc3)ccc2c1)c1ccncc1.CC(=O)Sc1ccc(C#Cc2ccc3ccc4cccc5ccc2c3c45)cc1.Cc1ccc(C#Cc2ccc3ccc4cccc5ccc2c3c45)cc1F.Fc1c(F)c(F)c(C#Cc2ccc3ccc4cccc5ccc2c3c45)c(F)c1F.[C-]#[N+]c1ccc(C#Cc2ccc(C#Cc3ccc(C)c(C#N)c3)cc2)cc1[N+]#[C-]. The molecule has 0 bridgehead atoms. The highest BCUT2D eigenvalue weighted by molar-refractivity contribution is 8.13. The average molecular weight is 1850 g/mol. The smallest absolute Gasteiger partial charge is 0.200 e. The molecule has 22 aromatic rings. The van der Waals surface area contributed by atoms with E-state index < -0.39 is 34.6 Å². The van der Waals surface area contributed by atoms with Crippen LogP contribution in [-0.4, -0.2) is 15.1 Å². The summed E-state index contributed by atoms with van der Waals surface area (Å²) in [4.78, 5) is 26.9. The van der Waals surface area contributed by atoms with Crippen molar-refractivity contribution in [2.24, 2.45) is 0 Å². The molecule has 2 aromatic heterocycles. The number of carbonyl (C=O) groups is 1. The third-order valence-electron chi connectivity index (χ3n) is 23.2. The highest BCUT2D eigenvalue weighted by Gasteiger charge is 2.25. The van der Waals surface area contributed by atoms with Gasteiger partial charge in [-0.1, -0.05) is 305 Å². The second-order valence-electron chi connectivity index (χ2n) is 32.1. The number of nitriles is 1. The number of thioether (sulfide) groups is 1. The molecular weight excluding hydrogens is 1770 g/mol. The van der Waals surface area contributed by atoms with Gasteiger partial charge in [-0.15, -0.1) is 0 Å². The van der Waals surface area contributed by atoms with Crippen LogP contribution in [0.1, 0.15) is 124 Å². The molecule has 0 radical (unpaired) electrons.